The van der Waals surface area contributed by atoms with Crippen LogP contribution in [0.15, 0.2) is 18.2 Å². The summed E-state index contributed by atoms with van der Waals surface area (Å²) in [5.74, 6) is 0.0431. The van der Waals surface area contributed by atoms with Crippen molar-refractivity contribution in [2.75, 3.05) is 0 Å². The molecule has 90 valence electrons. The Morgan fingerprint density at radius 1 is 1.44 bits per heavy atom. The van der Waals surface area contributed by atoms with Gasteiger partial charge in [0.2, 0.25) is 0 Å². The quantitative estimate of drug-likeness (QED) is 0.889. The lowest BCUT2D eigenvalue weighted by molar-refractivity contribution is -0.0510. The number of alkyl halides is 2. The van der Waals surface area contributed by atoms with Crippen LogP contribution in [0.1, 0.15) is 19.4 Å². The number of halogens is 3. The van der Waals surface area contributed by atoms with E-state index in [0.717, 1.165) is 0 Å². The largest absolute Gasteiger partial charge is 0.435 e. The summed E-state index contributed by atoms with van der Waals surface area (Å²) in [4.78, 5) is 0. The molecule has 0 unspecified atom stereocenters. The zero-order chi connectivity index (χ0) is 12.3. The molecular weight excluding hydrogens is 238 g/mol. The topological polar surface area (TPSA) is 29.5 Å². The molecular formula is C11H13ClF2O2. The number of aliphatic hydroxyl groups is 1. The van der Waals surface area contributed by atoms with Crippen LogP contribution in [-0.2, 0) is 6.42 Å². The SMILES string of the molecule is CC(C)(O)Cc1cc(Cl)ccc1OC(F)F. The summed E-state index contributed by atoms with van der Waals surface area (Å²) in [6.45, 7) is 0.279. The van der Waals surface area contributed by atoms with Gasteiger partial charge in [0.05, 0.1) is 5.60 Å². The van der Waals surface area contributed by atoms with Gasteiger partial charge in [0.25, 0.3) is 0 Å². The molecule has 1 aromatic rings. The van der Waals surface area contributed by atoms with E-state index in [9.17, 15) is 13.9 Å². The summed E-state index contributed by atoms with van der Waals surface area (Å²) in [5.41, 5.74) is -0.550. The number of ether oxygens (including phenoxy) is 1. The minimum Gasteiger partial charge on any atom is -0.435 e. The fourth-order valence-corrected chi connectivity index (χ4v) is 1.56. The number of hydrogen-bond donors (Lipinski definition) is 1. The molecule has 0 amide bonds. The van der Waals surface area contributed by atoms with E-state index in [1.165, 1.54) is 18.2 Å². The number of rotatable bonds is 4. The summed E-state index contributed by atoms with van der Waals surface area (Å²) in [5, 5.41) is 10.1. The molecule has 0 saturated carbocycles. The highest BCUT2D eigenvalue weighted by Gasteiger charge is 2.18. The first-order chi connectivity index (χ1) is 7.28. The predicted octanol–water partition coefficient (Wildman–Crippen LogP) is 3.25. The number of hydrogen-bond acceptors (Lipinski definition) is 2. The van der Waals surface area contributed by atoms with Gasteiger partial charge in [0.15, 0.2) is 0 Å². The highest BCUT2D eigenvalue weighted by Crippen LogP contribution is 2.27. The van der Waals surface area contributed by atoms with E-state index < -0.39 is 12.2 Å². The van der Waals surface area contributed by atoms with Crippen LogP contribution in [0.5, 0.6) is 5.75 Å². The third-order valence-corrected chi connectivity index (χ3v) is 2.10. The molecule has 0 radical (unpaired) electrons. The van der Waals surface area contributed by atoms with Crippen LogP contribution in [0.4, 0.5) is 8.78 Å². The van der Waals surface area contributed by atoms with Crippen molar-refractivity contribution in [3.05, 3.63) is 28.8 Å². The van der Waals surface area contributed by atoms with Crippen molar-refractivity contribution >= 4 is 11.6 Å². The maximum Gasteiger partial charge on any atom is 0.387 e. The second kappa shape index (κ2) is 4.97. The van der Waals surface area contributed by atoms with Crippen LogP contribution in [-0.4, -0.2) is 17.3 Å². The van der Waals surface area contributed by atoms with E-state index in [1.807, 2.05) is 0 Å². The first-order valence-electron chi connectivity index (χ1n) is 4.73. The third kappa shape index (κ3) is 4.33. The molecule has 0 fully saturated rings. The summed E-state index contributed by atoms with van der Waals surface area (Å²) in [7, 11) is 0. The molecule has 0 aromatic heterocycles. The van der Waals surface area contributed by atoms with Crippen LogP contribution < -0.4 is 4.74 Å². The molecule has 0 aliphatic carbocycles. The molecule has 0 atom stereocenters. The minimum atomic E-state index is -2.89. The van der Waals surface area contributed by atoms with Gasteiger partial charge in [-0.1, -0.05) is 11.6 Å². The molecule has 1 rings (SSSR count). The Morgan fingerprint density at radius 3 is 2.56 bits per heavy atom. The number of benzene rings is 1. The monoisotopic (exact) mass is 250 g/mol. The van der Waals surface area contributed by atoms with Gasteiger partial charge in [-0.15, -0.1) is 0 Å². The fraction of sp³-hybridized carbons (Fsp3) is 0.455. The van der Waals surface area contributed by atoms with Crippen molar-refractivity contribution in [2.24, 2.45) is 0 Å². The summed E-state index contributed by atoms with van der Waals surface area (Å²) < 4.78 is 28.6. The van der Waals surface area contributed by atoms with E-state index in [1.54, 1.807) is 13.8 Å². The Kier molecular flexibility index (Phi) is 4.10. The highest BCUT2D eigenvalue weighted by atomic mass is 35.5. The molecule has 0 heterocycles. The van der Waals surface area contributed by atoms with Crippen molar-refractivity contribution in [3.63, 3.8) is 0 Å². The Morgan fingerprint density at radius 2 is 2.06 bits per heavy atom. The molecule has 1 aromatic carbocycles. The van der Waals surface area contributed by atoms with Gasteiger partial charge < -0.3 is 9.84 Å². The lowest BCUT2D eigenvalue weighted by atomic mass is 9.98. The molecule has 16 heavy (non-hydrogen) atoms. The molecule has 5 heteroatoms. The molecule has 0 saturated heterocycles. The molecule has 1 N–H and O–H groups in total. The first-order valence-corrected chi connectivity index (χ1v) is 5.11. The van der Waals surface area contributed by atoms with Gasteiger partial charge in [-0.2, -0.15) is 8.78 Å². The Bertz CT molecular complexity index is 361. The van der Waals surface area contributed by atoms with Crippen LogP contribution in [0.2, 0.25) is 5.02 Å². The van der Waals surface area contributed by atoms with Crippen LogP contribution in [0.3, 0.4) is 0 Å². The normalized spacial score (nSPS) is 11.9. The maximum absolute atomic E-state index is 12.1. The van der Waals surface area contributed by atoms with Crippen molar-refractivity contribution in [1.82, 2.24) is 0 Å². The highest BCUT2D eigenvalue weighted by molar-refractivity contribution is 6.30. The van der Waals surface area contributed by atoms with Gasteiger partial charge in [0, 0.05) is 11.4 Å². The van der Waals surface area contributed by atoms with E-state index in [2.05, 4.69) is 4.74 Å². The Labute approximate surface area is 97.8 Å². The van der Waals surface area contributed by atoms with Gasteiger partial charge >= 0.3 is 6.61 Å². The lowest BCUT2D eigenvalue weighted by Gasteiger charge is -2.19. The van der Waals surface area contributed by atoms with Gasteiger partial charge in [-0.25, -0.2) is 0 Å². The molecule has 0 bridgehead atoms. The van der Waals surface area contributed by atoms with E-state index in [4.69, 9.17) is 11.6 Å². The van der Waals surface area contributed by atoms with Crippen molar-refractivity contribution < 1.29 is 18.6 Å². The van der Waals surface area contributed by atoms with Crippen LogP contribution >= 0.6 is 11.6 Å². The minimum absolute atomic E-state index is 0.0431. The zero-order valence-corrected chi connectivity index (χ0v) is 9.76. The van der Waals surface area contributed by atoms with E-state index in [0.29, 0.717) is 10.6 Å². The zero-order valence-electron chi connectivity index (χ0n) is 9.01. The fourth-order valence-electron chi connectivity index (χ4n) is 1.36. The molecule has 0 spiro atoms. The Balaban J connectivity index is 2.98. The second-order valence-electron chi connectivity index (χ2n) is 4.12. The van der Waals surface area contributed by atoms with Crippen LogP contribution in [0.25, 0.3) is 0 Å². The average molecular weight is 251 g/mol. The standard InChI is InChI=1S/C11H13ClF2O2/c1-11(2,15)6-7-5-8(12)3-4-9(7)16-10(13)14/h3-5,10,15H,6H2,1-2H3. The molecule has 0 aliphatic rings. The summed E-state index contributed by atoms with van der Waals surface area (Å²) in [6, 6.07) is 4.35. The van der Waals surface area contributed by atoms with Gasteiger partial charge in [-0.05, 0) is 37.6 Å². The first kappa shape index (κ1) is 13.2. The second-order valence-corrected chi connectivity index (χ2v) is 4.56. The van der Waals surface area contributed by atoms with Crippen LogP contribution in [0, 0.1) is 0 Å². The smallest absolute Gasteiger partial charge is 0.387 e. The maximum atomic E-state index is 12.1. The van der Waals surface area contributed by atoms with E-state index >= 15 is 0 Å². The lowest BCUT2D eigenvalue weighted by Crippen LogP contribution is -2.22. The van der Waals surface area contributed by atoms with E-state index in [-0.39, 0.29) is 12.2 Å². The predicted molar refractivity (Wildman–Crippen MR) is 58.1 cm³/mol. The van der Waals surface area contributed by atoms with Crippen molar-refractivity contribution in [3.8, 4) is 5.75 Å². The van der Waals surface area contributed by atoms with Gasteiger partial charge in [0.1, 0.15) is 5.75 Å². The molecule has 0 aliphatic heterocycles. The molecule has 2 nitrogen and oxygen atoms in total. The summed E-state index contributed by atoms with van der Waals surface area (Å²) in [6.07, 6.45) is 0.190. The third-order valence-electron chi connectivity index (χ3n) is 1.86. The summed E-state index contributed by atoms with van der Waals surface area (Å²) >= 11 is 5.76. The van der Waals surface area contributed by atoms with Crippen molar-refractivity contribution in [1.29, 1.82) is 0 Å². The van der Waals surface area contributed by atoms with Gasteiger partial charge in [-0.3, -0.25) is 0 Å². The Hall–Kier alpha value is -0.870. The van der Waals surface area contributed by atoms with Crippen molar-refractivity contribution in [2.45, 2.75) is 32.5 Å². The average Bonchev–Trinajstić information content (AvgIpc) is 2.06.